The molecule has 80 valence electrons. The molecule has 4 heteroatoms. The number of hydrogen-bond donors (Lipinski definition) is 0. The van der Waals surface area contributed by atoms with Gasteiger partial charge in [-0.1, -0.05) is 30.3 Å². The van der Waals surface area contributed by atoms with Gasteiger partial charge >= 0.3 is 0 Å². The first-order valence-corrected chi connectivity index (χ1v) is 5.61. The number of rotatable bonds is 3. The molecule has 0 spiro atoms. The number of nitriles is 1. The van der Waals surface area contributed by atoms with Crippen LogP contribution in [0, 0.1) is 11.3 Å². The van der Waals surface area contributed by atoms with Gasteiger partial charge < -0.3 is 4.74 Å². The Balaban J connectivity index is 2.45. The predicted molar refractivity (Wildman–Crippen MR) is 63.0 cm³/mol. The van der Waals surface area contributed by atoms with Gasteiger partial charge in [0.05, 0.1) is 11.5 Å². The van der Waals surface area contributed by atoms with Crippen molar-refractivity contribution in [2.45, 2.75) is 6.61 Å². The van der Waals surface area contributed by atoms with Crippen LogP contribution >= 0.6 is 11.3 Å². The van der Waals surface area contributed by atoms with E-state index in [0.717, 1.165) is 15.4 Å². The lowest BCUT2D eigenvalue weighted by atomic mass is 10.2. The van der Waals surface area contributed by atoms with Crippen LogP contribution in [0.15, 0.2) is 30.3 Å². The van der Waals surface area contributed by atoms with Gasteiger partial charge in [-0.15, -0.1) is 11.3 Å². The van der Waals surface area contributed by atoms with Crippen molar-refractivity contribution in [1.82, 2.24) is 4.98 Å². The van der Waals surface area contributed by atoms with Gasteiger partial charge in [0.2, 0.25) is 0 Å². The zero-order valence-corrected chi connectivity index (χ0v) is 9.62. The number of aromatic nitrogens is 1. The summed E-state index contributed by atoms with van der Waals surface area (Å²) >= 11 is 1.50. The van der Waals surface area contributed by atoms with Gasteiger partial charge in [-0.25, -0.2) is 4.98 Å². The smallest absolute Gasteiger partial charge is 0.159 e. The summed E-state index contributed by atoms with van der Waals surface area (Å²) in [7, 11) is 1.62. The van der Waals surface area contributed by atoms with Crippen LogP contribution in [0.2, 0.25) is 0 Å². The Labute approximate surface area is 97.9 Å². The monoisotopic (exact) mass is 230 g/mol. The Bertz CT molecular complexity index is 514. The molecule has 1 heterocycles. The number of benzene rings is 1. The van der Waals surface area contributed by atoms with Gasteiger partial charge in [0, 0.05) is 7.11 Å². The molecule has 2 aromatic rings. The molecule has 16 heavy (non-hydrogen) atoms. The molecule has 0 aliphatic rings. The molecule has 1 aromatic carbocycles. The molecule has 1 aromatic heterocycles. The van der Waals surface area contributed by atoms with Gasteiger partial charge in [0.15, 0.2) is 5.69 Å². The van der Waals surface area contributed by atoms with Crippen molar-refractivity contribution in [3.8, 4) is 16.5 Å². The second-order valence-corrected chi connectivity index (χ2v) is 4.28. The summed E-state index contributed by atoms with van der Waals surface area (Å²) in [5.74, 6) is 0. The maximum Gasteiger partial charge on any atom is 0.159 e. The fourth-order valence-corrected chi connectivity index (χ4v) is 2.40. The van der Waals surface area contributed by atoms with Gasteiger partial charge in [-0.05, 0) is 5.56 Å². The molecule has 0 saturated heterocycles. The largest absolute Gasteiger partial charge is 0.378 e. The highest BCUT2D eigenvalue weighted by Gasteiger charge is 2.11. The predicted octanol–water partition coefficient (Wildman–Crippen LogP) is 2.83. The molecule has 0 aliphatic heterocycles. The number of methoxy groups -OCH3 is 1. The average Bonchev–Trinajstić information content (AvgIpc) is 2.74. The summed E-state index contributed by atoms with van der Waals surface area (Å²) in [6, 6.07) is 11.9. The molecule has 0 saturated carbocycles. The van der Waals surface area contributed by atoms with E-state index in [9.17, 15) is 0 Å². The first-order valence-electron chi connectivity index (χ1n) is 4.79. The SMILES string of the molecule is COCc1nc(C#N)c(-c2ccccc2)s1. The van der Waals surface area contributed by atoms with E-state index >= 15 is 0 Å². The summed E-state index contributed by atoms with van der Waals surface area (Å²) < 4.78 is 5.02. The van der Waals surface area contributed by atoms with Gasteiger partial charge in [0.1, 0.15) is 11.1 Å². The van der Waals surface area contributed by atoms with Gasteiger partial charge in [-0.3, -0.25) is 0 Å². The van der Waals surface area contributed by atoms with Crippen LogP contribution in [0.1, 0.15) is 10.7 Å². The molecule has 0 amide bonds. The third kappa shape index (κ3) is 2.11. The minimum atomic E-state index is 0.451. The Morgan fingerprint density at radius 1 is 1.38 bits per heavy atom. The summed E-state index contributed by atoms with van der Waals surface area (Å²) in [6.45, 7) is 0.451. The fourth-order valence-electron chi connectivity index (χ4n) is 1.41. The van der Waals surface area contributed by atoms with E-state index in [1.54, 1.807) is 7.11 Å². The molecular weight excluding hydrogens is 220 g/mol. The summed E-state index contributed by atoms with van der Waals surface area (Å²) in [6.07, 6.45) is 0. The van der Waals surface area contributed by atoms with Gasteiger partial charge in [0.25, 0.3) is 0 Å². The quantitative estimate of drug-likeness (QED) is 0.814. The van der Waals surface area contributed by atoms with Crippen molar-refractivity contribution >= 4 is 11.3 Å². The maximum absolute atomic E-state index is 9.01. The van der Waals surface area contributed by atoms with Crippen LogP contribution in [0.25, 0.3) is 10.4 Å². The Morgan fingerprint density at radius 3 is 2.75 bits per heavy atom. The van der Waals surface area contributed by atoms with E-state index in [0.29, 0.717) is 12.3 Å². The number of thiazole rings is 1. The van der Waals surface area contributed by atoms with Crippen LogP contribution in [-0.4, -0.2) is 12.1 Å². The number of hydrogen-bond acceptors (Lipinski definition) is 4. The second-order valence-electron chi connectivity index (χ2n) is 3.20. The van der Waals surface area contributed by atoms with Crippen molar-refractivity contribution in [3.63, 3.8) is 0 Å². The third-order valence-electron chi connectivity index (χ3n) is 2.08. The van der Waals surface area contributed by atoms with E-state index in [4.69, 9.17) is 10.00 Å². The van der Waals surface area contributed by atoms with Crippen molar-refractivity contribution in [1.29, 1.82) is 5.26 Å². The zero-order chi connectivity index (χ0) is 11.4. The second kappa shape index (κ2) is 4.88. The maximum atomic E-state index is 9.01. The Kier molecular flexibility index (Phi) is 3.30. The normalized spacial score (nSPS) is 10.0. The van der Waals surface area contributed by atoms with Crippen molar-refractivity contribution in [3.05, 3.63) is 41.0 Å². The number of ether oxygens (including phenoxy) is 1. The summed E-state index contributed by atoms with van der Waals surface area (Å²) in [5.41, 5.74) is 1.50. The molecule has 0 radical (unpaired) electrons. The Morgan fingerprint density at radius 2 is 2.12 bits per heavy atom. The zero-order valence-electron chi connectivity index (χ0n) is 8.80. The first kappa shape index (κ1) is 10.8. The van der Waals surface area contributed by atoms with Crippen LogP contribution in [0.3, 0.4) is 0 Å². The highest BCUT2D eigenvalue weighted by atomic mass is 32.1. The average molecular weight is 230 g/mol. The standard InChI is InChI=1S/C12H10N2OS/c1-15-8-11-14-10(7-13)12(16-11)9-5-3-2-4-6-9/h2-6H,8H2,1H3. The molecule has 0 fully saturated rings. The highest BCUT2D eigenvalue weighted by molar-refractivity contribution is 7.15. The van der Waals surface area contributed by atoms with Crippen molar-refractivity contribution in [2.24, 2.45) is 0 Å². The van der Waals surface area contributed by atoms with E-state index in [1.807, 2.05) is 30.3 Å². The first-order chi connectivity index (χ1) is 7.85. The van der Waals surface area contributed by atoms with Crippen molar-refractivity contribution < 1.29 is 4.74 Å². The minimum Gasteiger partial charge on any atom is -0.378 e. The molecule has 3 nitrogen and oxygen atoms in total. The molecule has 0 bridgehead atoms. The summed E-state index contributed by atoms with van der Waals surface area (Å²) in [5, 5.41) is 9.85. The lowest BCUT2D eigenvalue weighted by Crippen LogP contribution is -1.85. The number of nitrogens with zero attached hydrogens (tertiary/aromatic N) is 2. The van der Waals surface area contributed by atoms with E-state index in [2.05, 4.69) is 11.1 Å². The molecule has 0 N–H and O–H groups in total. The lowest BCUT2D eigenvalue weighted by molar-refractivity contribution is 0.184. The highest BCUT2D eigenvalue weighted by Crippen LogP contribution is 2.29. The van der Waals surface area contributed by atoms with E-state index in [-0.39, 0.29) is 0 Å². The third-order valence-corrected chi connectivity index (χ3v) is 3.16. The topological polar surface area (TPSA) is 45.9 Å². The van der Waals surface area contributed by atoms with E-state index in [1.165, 1.54) is 11.3 Å². The lowest BCUT2D eigenvalue weighted by Gasteiger charge is -1.95. The van der Waals surface area contributed by atoms with Crippen LogP contribution in [0.5, 0.6) is 0 Å². The molecule has 0 unspecified atom stereocenters. The molecular formula is C12H10N2OS. The van der Waals surface area contributed by atoms with Crippen LogP contribution in [-0.2, 0) is 11.3 Å². The van der Waals surface area contributed by atoms with Crippen molar-refractivity contribution in [2.75, 3.05) is 7.11 Å². The van der Waals surface area contributed by atoms with Gasteiger partial charge in [-0.2, -0.15) is 5.26 Å². The van der Waals surface area contributed by atoms with Crippen LogP contribution in [0.4, 0.5) is 0 Å². The van der Waals surface area contributed by atoms with E-state index < -0.39 is 0 Å². The summed E-state index contributed by atoms with van der Waals surface area (Å²) in [4.78, 5) is 5.14. The molecule has 0 aliphatic carbocycles. The fraction of sp³-hybridized carbons (Fsp3) is 0.167. The van der Waals surface area contributed by atoms with Crippen LogP contribution < -0.4 is 0 Å². The molecule has 2 rings (SSSR count). The Hall–Kier alpha value is -1.70. The molecule has 0 atom stereocenters. The minimum absolute atomic E-state index is 0.451.